The van der Waals surface area contributed by atoms with E-state index >= 15 is 0 Å². The Bertz CT molecular complexity index is 232. The average Bonchev–Trinajstić information content (AvgIpc) is 2.20. The molecule has 72 valence electrons. The fourth-order valence-corrected chi connectivity index (χ4v) is 2.89. The van der Waals surface area contributed by atoms with E-state index in [1.54, 1.807) is 5.57 Å². The molecule has 2 rings (SSSR count). The summed E-state index contributed by atoms with van der Waals surface area (Å²) in [7, 11) is 0. The molecule has 0 aromatic heterocycles. The van der Waals surface area contributed by atoms with Gasteiger partial charge in [0.2, 0.25) is 0 Å². The van der Waals surface area contributed by atoms with E-state index in [-0.39, 0.29) is 0 Å². The van der Waals surface area contributed by atoms with Gasteiger partial charge in [-0.3, -0.25) is 0 Å². The van der Waals surface area contributed by atoms with Crippen LogP contribution in [0.2, 0.25) is 0 Å². The van der Waals surface area contributed by atoms with Crippen molar-refractivity contribution in [3.63, 3.8) is 0 Å². The first-order chi connectivity index (χ1) is 6.36. The van der Waals surface area contributed by atoms with E-state index in [0.29, 0.717) is 0 Å². The van der Waals surface area contributed by atoms with Crippen molar-refractivity contribution >= 4 is 22.6 Å². The van der Waals surface area contributed by atoms with Crippen LogP contribution in [-0.4, -0.2) is 0 Å². The van der Waals surface area contributed by atoms with Crippen molar-refractivity contribution in [2.45, 2.75) is 44.9 Å². The molecule has 0 amide bonds. The highest BCUT2D eigenvalue weighted by Crippen LogP contribution is 2.35. The van der Waals surface area contributed by atoms with E-state index in [4.69, 9.17) is 0 Å². The van der Waals surface area contributed by atoms with Crippen LogP contribution in [-0.2, 0) is 0 Å². The van der Waals surface area contributed by atoms with Gasteiger partial charge >= 0.3 is 0 Å². The zero-order valence-corrected chi connectivity index (χ0v) is 10.2. The van der Waals surface area contributed by atoms with Crippen LogP contribution in [0.5, 0.6) is 0 Å². The molecule has 0 atom stereocenters. The van der Waals surface area contributed by atoms with Crippen molar-refractivity contribution in [2.24, 2.45) is 5.92 Å². The van der Waals surface area contributed by atoms with Crippen LogP contribution in [0.15, 0.2) is 21.3 Å². The molecule has 1 heteroatoms. The number of rotatable bonds is 1. The lowest BCUT2D eigenvalue weighted by Gasteiger charge is -2.25. The van der Waals surface area contributed by atoms with Crippen LogP contribution in [0, 0.1) is 5.92 Å². The van der Waals surface area contributed by atoms with Gasteiger partial charge in [0, 0.05) is 0 Å². The second-order valence-corrected chi connectivity index (χ2v) is 5.58. The van der Waals surface area contributed by atoms with Gasteiger partial charge in [-0.25, -0.2) is 0 Å². The van der Waals surface area contributed by atoms with Crippen molar-refractivity contribution in [1.29, 1.82) is 0 Å². The highest BCUT2D eigenvalue weighted by atomic mass is 127. The minimum atomic E-state index is 0.939. The molecule has 0 heterocycles. The molecule has 0 saturated heterocycles. The predicted octanol–water partition coefficient (Wildman–Crippen LogP) is 4.61. The molecule has 1 fully saturated rings. The molecule has 0 aromatic carbocycles. The molecule has 1 saturated carbocycles. The van der Waals surface area contributed by atoms with E-state index in [1.807, 2.05) is 0 Å². The summed E-state index contributed by atoms with van der Waals surface area (Å²) in [6.45, 7) is 0. The predicted molar refractivity (Wildman–Crippen MR) is 66.0 cm³/mol. The maximum Gasteiger partial charge on any atom is -0.00909 e. The van der Waals surface area contributed by atoms with Crippen LogP contribution in [0.1, 0.15) is 44.9 Å². The Balaban J connectivity index is 1.99. The quantitative estimate of drug-likeness (QED) is 0.618. The lowest BCUT2D eigenvalue weighted by atomic mass is 9.81. The fourth-order valence-electron chi connectivity index (χ4n) is 2.44. The van der Waals surface area contributed by atoms with Gasteiger partial charge in [-0.15, -0.1) is 0 Å². The standard InChI is InChI=1S/C12H17I/c13-12-8-6-11(7-9-12)10-4-2-1-3-5-10/h6,8,10H,1-5,7,9H2. The molecule has 0 aliphatic heterocycles. The second kappa shape index (κ2) is 4.63. The van der Waals surface area contributed by atoms with Gasteiger partial charge in [0.05, 0.1) is 0 Å². The summed E-state index contributed by atoms with van der Waals surface area (Å²) >= 11 is 2.45. The lowest BCUT2D eigenvalue weighted by molar-refractivity contribution is 0.394. The Morgan fingerprint density at radius 2 is 1.77 bits per heavy atom. The van der Waals surface area contributed by atoms with Gasteiger partial charge in [0.15, 0.2) is 0 Å². The third-order valence-corrected chi connectivity index (χ3v) is 4.16. The molecule has 0 bridgehead atoms. The number of hydrogen-bond donors (Lipinski definition) is 0. The Morgan fingerprint density at radius 1 is 1.00 bits per heavy atom. The Hall–Kier alpha value is 0.210. The first-order valence-corrected chi connectivity index (χ1v) is 6.49. The average molecular weight is 288 g/mol. The molecule has 2 aliphatic carbocycles. The van der Waals surface area contributed by atoms with Gasteiger partial charge in [-0.2, -0.15) is 0 Å². The van der Waals surface area contributed by atoms with Crippen molar-refractivity contribution in [2.75, 3.05) is 0 Å². The molecule has 0 N–H and O–H groups in total. The number of allylic oxidation sites excluding steroid dienone is 4. The molecule has 0 nitrogen and oxygen atoms in total. The van der Waals surface area contributed by atoms with Gasteiger partial charge in [0.25, 0.3) is 0 Å². The van der Waals surface area contributed by atoms with Crippen LogP contribution >= 0.6 is 22.6 Å². The first kappa shape index (κ1) is 9.75. The lowest BCUT2D eigenvalue weighted by Crippen LogP contribution is -2.10. The summed E-state index contributed by atoms with van der Waals surface area (Å²) in [5, 5.41) is 0. The second-order valence-electron chi connectivity index (χ2n) is 4.19. The Kier molecular flexibility index (Phi) is 3.47. The van der Waals surface area contributed by atoms with Gasteiger partial charge < -0.3 is 0 Å². The summed E-state index contributed by atoms with van der Waals surface area (Å²) in [6, 6.07) is 0. The molecule has 2 aliphatic rings. The van der Waals surface area contributed by atoms with E-state index in [0.717, 1.165) is 5.92 Å². The van der Waals surface area contributed by atoms with Crippen LogP contribution < -0.4 is 0 Å². The van der Waals surface area contributed by atoms with Crippen molar-refractivity contribution in [1.82, 2.24) is 0 Å². The van der Waals surface area contributed by atoms with Crippen LogP contribution in [0.25, 0.3) is 0 Å². The van der Waals surface area contributed by atoms with Gasteiger partial charge in [-0.05, 0) is 57.8 Å². The maximum absolute atomic E-state index is 2.45. The number of hydrogen-bond acceptors (Lipinski definition) is 0. The first-order valence-electron chi connectivity index (χ1n) is 5.41. The summed E-state index contributed by atoms with van der Waals surface area (Å²) in [6.07, 6.45) is 14.6. The minimum absolute atomic E-state index is 0.939. The fraction of sp³-hybridized carbons (Fsp3) is 0.667. The molecular weight excluding hydrogens is 271 g/mol. The smallest absolute Gasteiger partial charge is 0.00909 e. The Morgan fingerprint density at radius 3 is 2.38 bits per heavy atom. The van der Waals surface area contributed by atoms with E-state index in [9.17, 15) is 0 Å². The third kappa shape index (κ3) is 2.58. The van der Waals surface area contributed by atoms with Gasteiger partial charge in [0.1, 0.15) is 0 Å². The largest absolute Gasteiger partial charge is 0.0667 e. The van der Waals surface area contributed by atoms with Crippen LogP contribution in [0.3, 0.4) is 0 Å². The summed E-state index contributed by atoms with van der Waals surface area (Å²) < 4.78 is 1.53. The molecule has 0 radical (unpaired) electrons. The molecule has 0 spiro atoms. The molecule has 13 heavy (non-hydrogen) atoms. The minimum Gasteiger partial charge on any atom is -0.0667 e. The van der Waals surface area contributed by atoms with E-state index in [1.165, 1.54) is 48.5 Å². The summed E-state index contributed by atoms with van der Waals surface area (Å²) in [5.74, 6) is 0.939. The Labute approximate surface area is 94.6 Å². The van der Waals surface area contributed by atoms with E-state index in [2.05, 4.69) is 34.7 Å². The summed E-state index contributed by atoms with van der Waals surface area (Å²) in [4.78, 5) is 0. The maximum atomic E-state index is 2.45. The molecule has 0 aromatic rings. The number of halogens is 1. The third-order valence-electron chi connectivity index (χ3n) is 3.26. The monoisotopic (exact) mass is 288 g/mol. The SMILES string of the molecule is IC1=CC=C(C2CCCCC2)CC1. The van der Waals surface area contributed by atoms with Crippen molar-refractivity contribution < 1.29 is 0 Å². The zero-order valence-electron chi connectivity index (χ0n) is 8.06. The highest BCUT2D eigenvalue weighted by Gasteiger charge is 2.18. The molecular formula is C12H17I. The van der Waals surface area contributed by atoms with Gasteiger partial charge in [-0.1, -0.05) is 37.0 Å². The normalized spacial score (nSPS) is 25.3. The van der Waals surface area contributed by atoms with Crippen LogP contribution in [0.4, 0.5) is 0 Å². The topological polar surface area (TPSA) is 0 Å². The van der Waals surface area contributed by atoms with Crippen molar-refractivity contribution in [3.8, 4) is 0 Å². The summed E-state index contributed by atoms with van der Waals surface area (Å²) in [5.41, 5.74) is 1.74. The van der Waals surface area contributed by atoms with E-state index < -0.39 is 0 Å². The zero-order chi connectivity index (χ0) is 9.10. The molecule has 0 unspecified atom stereocenters. The highest BCUT2D eigenvalue weighted by molar-refractivity contribution is 14.1. The van der Waals surface area contributed by atoms with Crippen molar-refractivity contribution in [3.05, 3.63) is 21.3 Å².